The van der Waals surface area contributed by atoms with Crippen LogP contribution in [0.15, 0.2) is 0 Å². The van der Waals surface area contributed by atoms with E-state index in [1.165, 1.54) is 13.1 Å². The van der Waals surface area contributed by atoms with E-state index in [4.69, 9.17) is 0 Å². The van der Waals surface area contributed by atoms with E-state index in [2.05, 4.69) is 18.9 Å². The summed E-state index contributed by atoms with van der Waals surface area (Å²) in [7, 11) is 2.15. The van der Waals surface area contributed by atoms with Crippen LogP contribution in [0, 0.1) is 5.41 Å². The zero-order valence-corrected chi connectivity index (χ0v) is 7.43. The van der Waals surface area contributed by atoms with E-state index in [1.807, 2.05) is 0 Å². The van der Waals surface area contributed by atoms with E-state index in [0.29, 0.717) is 5.41 Å². The zero-order valence-electron chi connectivity index (χ0n) is 7.43. The van der Waals surface area contributed by atoms with E-state index in [1.54, 1.807) is 0 Å². The first-order chi connectivity index (χ1) is 5.08. The Morgan fingerprint density at radius 3 is 2.27 bits per heavy atom. The molecule has 1 aliphatic heterocycles. The lowest BCUT2D eigenvalue weighted by Crippen LogP contribution is -2.66. The molecule has 0 aromatic rings. The Bertz CT molecular complexity index is 164. The van der Waals surface area contributed by atoms with Gasteiger partial charge in [-0.3, -0.25) is 0 Å². The molecule has 2 nitrogen and oxygen atoms in total. The van der Waals surface area contributed by atoms with E-state index in [9.17, 15) is 5.11 Å². The first kappa shape index (κ1) is 7.56. The van der Waals surface area contributed by atoms with Gasteiger partial charge in [0.15, 0.2) is 0 Å². The molecule has 1 N–H and O–H groups in total. The third-order valence-electron chi connectivity index (χ3n) is 3.28. The third kappa shape index (κ3) is 1.00. The third-order valence-corrected chi connectivity index (χ3v) is 3.28. The van der Waals surface area contributed by atoms with Crippen molar-refractivity contribution in [3.63, 3.8) is 0 Å². The van der Waals surface area contributed by atoms with Crippen molar-refractivity contribution in [1.29, 1.82) is 0 Å². The monoisotopic (exact) mass is 155 g/mol. The highest BCUT2D eigenvalue weighted by atomic mass is 16.3. The molecule has 11 heavy (non-hydrogen) atoms. The Morgan fingerprint density at radius 2 is 1.91 bits per heavy atom. The van der Waals surface area contributed by atoms with Gasteiger partial charge in [0.1, 0.15) is 0 Å². The van der Waals surface area contributed by atoms with E-state index in [0.717, 1.165) is 19.3 Å². The van der Waals surface area contributed by atoms with Crippen LogP contribution in [0.4, 0.5) is 0 Å². The molecule has 1 heterocycles. The van der Waals surface area contributed by atoms with Crippen LogP contribution >= 0.6 is 0 Å². The molecular weight excluding hydrogens is 138 g/mol. The van der Waals surface area contributed by atoms with Crippen molar-refractivity contribution in [3.8, 4) is 0 Å². The van der Waals surface area contributed by atoms with Crippen LogP contribution in [0.3, 0.4) is 0 Å². The maximum atomic E-state index is 9.79. The molecule has 2 heteroatoms. The fraction of sp³-hybridized carbons (Fsp3) is 1.00. The van der Waals surface area contributed by atoms with Crippen LogP contribution in [0.5, 0.6) is 0 Å². The van der Waals surface area contributed by atoms with Crippen LogP contribution in [0.2, 0.25) is 0 Å². The minimum atomic E-state index is -0.290. The van der Waals surface area contributed by atoms with Crippen LogP contribution in [-0.4, -0.2) is 35.7 Å². The molecule has 0 aromatic heterocycles. The molecule has 0 amide bonds. The second kappa shape index (κ2) is 1.99. The van der Waals surface area contributed by atoms with Gasteiger partial charge < -0.3 is 10.0 Å². The quantitative estimate of drug-likeness (QED) is 0.607. The molecule has 0 radical (unpaired) electrons. The molecule has 1 saturated carbocycles. The van der Waals surface area contributed by atoms with Crippen molar-refractivity contribution in [3.05, 3.63) is 0 Å². The van der Waals surface area contributed by atoms with Gasteiger partial charge in [0, 0.05) is 18.5 Å². The summed E-state index contributed by atoms with van der Waals surface area (Å²) < 4.78 is 0. The highest BCUT2D eigenvalue weighted by molar-refractivity contribution is 5.10. The van der Waals surface area contributed by atoms with E-state index < -0.39 is 0 Å². The summed E-state index contributed by atoms with van der Waals surface area (Å²) >= 11 is 0. The van der Waals surface area contributed by atoms with Crippen LogP contribution in [-0.2, 0) is 0 Å². The number of hydrogen-bond donors (Lipinski definition) is 1. The number of hydrogen-bond acceptors (Lipinski definition) is 2. The fourth-order valence-electron chi connectivity index (χ4n) is 2.92. The summed E-state index contributed by atoms with van der Waals surface area (Å²) in [4.78, 5) is 2.33. The number of rotatable bonds is 1. The molecule has 1 saturated heterocycles. The predicted molar refractivity (Wildman–Crippen MR) is 44.4 cm³/mol. The number of aliphatic hydroxyl groups is 1. The standard InChI is InChI=1S/C9H17NO/c1-3-9(11)4-8(5-9)6-10(2)7-8/h11H,3-7H2,1-2H3. The first-order valence-electron chi connectivity index (χ1n) is 4.49. The minimum Gasteiger partial charge on any atom is -0.390 e. The number of likely N-dealkylation sites (tertiary alicyclic amines) is 1. The molecule has 1 aliphatic carbocycles. The predicted octanol–water partition coefficient (Wildman–Crippen LogP) is 0.853. The largest absolute Gasteiger partial charge is 0.390 e. The topological polar surface area (TPSA) is 23.5 Å². The SMILES string of the molecule is CCC1(O)CC2(CN(C)C2)C1. The summed E-state index contributed by atoms with van der Waals surface area (Å²) in [5.41, 5.74) is 0.237. The summed E-state index contributed by atoms with van der Waals surface area (Å²) in [6.45, 7) is 4.49. The van der Waals surface area contributed by atoms with Crippen molar-refractivity contribution in [2.45, 2.75) is 31.8 Å². The Hall–Kier alpha value is -0.0800. The average molecular weight is 155 g/mol. The summed E-state index contributed by atoms with van der Waals surface area (Å²) in [6.07, 6.45) is 3.01. The van der Waals surface area contributed by atoms with Gasteiger partial charge in [-0.05, 0) is 26.3 Å². The van der Waals surface area contributed by atoms with Gasteiger partial charge in [-0.25, -0.2) is 0 Å². The maximum absolute atomic E-state index is 9.79. The lowest BCUT2D eigenvalue weighted by atomic mass is 9.54. The first-order valence-corrected chi connectivity index (χ1v) is 4.49. The zero-order chi connectivity index (χ0) is 8.11. The lowest BCUT2D eigenvalue weighted by molar-refractivity contribution is -0.185. The smallest absolute Gasteiger partial charge is 0.0657 e. The van der Waals surface area contributed by atoms with Crippen molar-refractivity contribution >= 4 is 0 Å². The van der Waals surface area contributed by atoms with Gasteiger partial charge in [-0.15, -0.1) is 0 Å². The highest BCUT2D eigenvalue weighted by Gasteiger charge is 2.57. The molecule has 64 valence electrons. The van der Waals surface area contributed by atoms with E-state index in [-0.39, 0.29) is 5.60 Å². The Kier molecular flexibility index (Phi) is 1.37. The molecule has 0 bridgehead atoms. The molecular formula is C9H17NO. The van der Waals surface area contributed by atoms with Crippen molar-refractivity contribution in [2.24, 2.45) is 5.41 Å². The molecule has 2 fully saturated rings. The molecule has 0 unspecified atom stereocenters. The minimum absolute atomic E-state index is 0.290. The molecule has 2 rings (SSSR count). The lowest BCUT2D eigenvalue weighted by Gasteiger charge is -2.61. The summed E-state index contributed by atoms with van der Waals surface area (Å²) in [6, 6.07) is 0. The Morgan fingerprint density at radius 1 is 1.36 bits per heavy atom. The molecule has 2 aliphatic rings. The Labute approximate surface area is 68.2 Å². The van der Waals surface area contributed by atoms with E-state index >= 15 is 0 Å². The summed E-state index contributed by atoms with van der Waals surface area (Å²) in [5, 5.41) is 9.79. The normalized spacial score (nSPS) is 33.0. The number of nitrogens with zero attached hydrogens (tertiary/aromatic N) is 1. The van der Waals surface area contributed by atoms with Crippen LogP contribution in [0.1, 0.15) is 26.2 Å². The van der Waals surface area contributed by atoms with Gasteiger partial charge in [0.25, 0.3) is 0 Å². The molecule has 0 atom stereocenters. The van der Waals surface area contributed by atoms with Gasteiger partial charge in [0.2, 0.25) is 0 Å². The van der Waals surface area contributed by atoms with Crippen LogP contribution < -0.4 is 0 Å². The van der Waals surface area contributed by atoms with Gasteiger partial charge >= 0.3 is 0 Å². The average Bonchev–Trinajstić information content (AvgIpc) is 1.81. The Balaban J connectivity index is 1.88. The summed E-state index contributed by atoms with van der Waals surface area (Å²) in [5.74, 6) is 0. The van der Waals surface area contributed by atoms with Gasteiger partial charge in [0.05, 0.1) is 5.60 Å². The second-order valence-corrected chi connectivity index (χ2v) is 4.60. The van der Waals surface area contributed by atoms with Gasteiger partial charge in [-0.1, -0.05) is 6.92 Å². The highest BCUT2D eigenvalue weighted by Crippen LogP contribution is 2.54. The van der Waals surface area contributed by atoms with Crippen LogP contribution in [0.25, 0.3) is 0 Å². The molecule has 0 aromatic carbocycles. The van der Waals surface area contributed by atoms with Gasteiger partial charge in [-0.2, -0.15) is 0 Å². The molecule has 1 spiro atoms. The second-order valence-electron chi connectivity index (χ2n) is 4.60. The van der Waals surface area contributed by atoms with Crippen molar-refractivity contribution < 1.29 is 5.11 Å². The fourth-order valence-corrected chi connectivity index (χ4v) is 2.92. The maximum Gasteiger partial charge on any atom is 0.0657 e. The van der Waals surface area contributed by atoms with Crippen molar-refractivity contribution in [2.75, 3.05) is 20.1 Å². The van der Waals surface area contributed by atoms with Crippen molar-refractivity contribution in [1.82, 2.24) is 4.90 Å².